The number of hydrogen-bond acceptors (Lipinski definition) is 3. The molecule has 0 aliphatic heterocycles. The predicted octanol–water partition coefficient (Wildman–Crippen LogP) is 2.18. The summed E-state index contributed by atoms with van der Waals surface area (Å²) < 4.78 is 1.96. The first-order chi connectivity index (χ1) is 8.99. The van der Waals surface area contributed by atoms with Gasteiger partial charge in [-0.1, -0.05) is 0 Å². The first-order valence-corrected chi connectivity index (χ1v) is 6.64. The minimum absolute atomic E-state index is 0.0475. The molecular weight excluding hydrogens is 264 g/mol. The number of aromatic nitrogens is 3. The number of nitrogens with one attached hydrogen (secondary N) is 1. The minimum atomic E-state index is -0.202. The molecule has 0 aromatic carbocycles. The number of carbonyl (C=O) groups excluding carboxylic acids is 1. The van der Waals surface area contributed by atoms with Crippen molar-refractivity contribution in [3.63, 3.8) is 0 Å². The Balaban J connectivity index is 2.37. The molecule has 0 aliphatic rings. The van der Waals surface area contributed by atoms with Gasteiger partial charge < -0.3 is 9.88 Å². The topological polar surface area (TPSA) is 59.8 Å². The van der Waals surface area contributed by atoms with Crippen LogP contribution >= 0.6 is 11.6 Å². The summed E-state index contributed by atoms with van der Waals surface area (Å²) in [7, 11) is 0. The fourth-order valence-electron chi connectivity index (χ4n) is 2.00. The lowest BCUT2D eigenvalue weighted by molar-refractivity contribution is -0.118. The van der Waals surface area contributed by atoms with Crippen molar-refractivity contribution in [1.29, 1.82) is 0 Å². The van der Waals surface area contributed by atoms with E-state index in [0.717, 1.165) is 22.6 Å². The first-order valence-electron chi connectivity index (χ1n) is 6.20. The van der Waals surface area contributed by atoms with Crippen LogP contribution in [0.25, 0.3) is 11.2 Å². The number of rotatable bonds is 4. The number of imidazole rings is 1. The van der Waals surface area contributed by atoms with E-state index in [1.54, 1.807) is 0 Å². The van der Waals surface area contributed by atoms with Crippen molar-refractivity contribution in [2.75, 3.05) is 6.54 Å². The highest BCUT2D eigenvalue weighted by Gasteiger charge is 2.15. The Kier molecular flexibility index (Phi) is 4.04. The fourth-order valence-corrected chi connectivity index (χ4v) is 2.16. The van der Waals surface area contributed by atoms with E-state index < -0.39 is 0 Å². The Bertz CT molecular complexity index is 606. The van der Waals surface area contributed by atoms with Crippen LogP contribution < -0.4 is 5.32 Å². The van der Waals surface area contributed by atoms with E-state index in [1.807, 2.05) is 30.7 Å². The summed E-state index contributed by atoms with van der Waals surface area (Å²) in [5.74, 6) is 0.730. The molecule has 1 N–H and O–H groups in total. The van der Waals surface area contributed by atoms with Gasteiger partial charge in [-0.15, -0.1) is 11.6 Å². The van der Waals surface area contributed by atoms with E-state index in [1.165, 1.54) is 6.92 Å². The molecule has 0 saturated heterocycles. The Morgan fingerprint density at radius 1 is 1.58 bits per heavy atom. The average Bonchev–Trinajstić information content (AvgIpc) is 2.67. The highest BCUT2D eigenvalue weighted by molar-refractivity contribution is 6.20. The molecule has 2 aromatic heterocycles. The summed E-state index contributed by atoms with van der Waals surface area (Å²) in [6.45, 7) is 6.50. The lowest BCUT2D eigenvalue weighted by Crippen LogP contribution is -2.25. The summed E-state index contributed by atoms with van der Waals surface area (Å²) in [6, 6.07) is 1.99. The van der Waals surface area contributed by atoms with Gasteiger partial charge in [0.2, 0.25) is 5.91 Å². The van der Waals surface area contributed by atoms with E-state index in [2.05, 4.69) is 15.3 Å². The number of carbonyl (C=O) groups is 1. The van der Waals surface area contributed by atoms with Crippen LogP contribution in [0.15, 0.2) is 12.3 Å². The molecule has 0 fully saturated rings. The molecule has 0 spiro atoms. The van der Waals surface area contributed by atoms with Gasteiger partial charge in [0, 0.05) is 26.2 Å². The van der Waals surface area contributed by atoms with Gasteiger partial charge >= 0.3 is 0 Å². The van der Waals surface area contributed by atoms with E-state index in [0.29, 0.717) is 13.1 Å². The number of aryl methyl sites for hydroxylation is 1. The Morgan fingerprint density at radius 3 is 2.95 bits per heavy atom. The van der Waals surface area contributed by atoms with Gasteiger partial charge in [-0.05, 0) is 25.5 Å². The molecule has 6 heteroatoms. The zero-order valence-corrected chi connectivity index (χ0v) is 12.0. The second-order valence-electron chi connectivity index (χ2n) is 4.58. The molecule has 2 heterocycles. The zero-order valence-electron chi connectivity index (χ0n) is 11.3. The summed E-state index contributed by atoms with van der Waals surface area (Å²) in [6.07, 6.45) is 1.81. The van der Waals surface area contributed by atoms with Gasteiger partial charge in [0.1, 0.15) is 11.3 Å². The van der Waals surface area contributed by atoms with Crippen molar-refractivity contribution in [3.8, 4) is 0 Å². The molecule has 2 aromatic rings. The fraction of sp³-hybridized carbons (Fsp3) is 0.462. The third-order valence-electron chi connectivity index (χ3n) is 2.82. The Hall–Kier alpha value is -1.62. The van der Waals surface area contributed by atoms with Crippen LogP contribution in [-0.2, 0) is 11.3 Å². The van der Waals surface area contributed by atoms with Gasteiger partial charge in [-0.2, -0.15) is 0 Å². The second kappa shape index (κ2) is 5.57. The maximum atomic E-state index is 10.9. The highest BCUT2D eigenvalue weighted by atomic mass is 35.5. The smallest absolute Gasteiger partial charge is 0.216 e. The van der Waals surface area contributed by atoms with Crippen molar-refractivity contribution in [3.05, 3.63) is 23.7 Å². The van der Waals surface area contributed by atoms with Crippen LogP contribution in [0, 0.1) is 6.92 Å². The predicted molar refractivity (Wildman–Crippen MR) is 75.2 cm³/mol. The molecule has 1 atom stereocenters. The van der Waals surface area contributed by atoms with Crippen molar-refractivity contribution in [2.24, 2.45) is 0 Å². The molecule has 0 radical (unpaired) electrons. The van der Waals surface area contributed by atoms with E-state index in [9.17, 15) is 4.79 Å². The van der Waals surface area contributed by atoms with Gasteiger partial charge in [-0.3, -0.25) is 4.79 Å². The van der Waals surface area contributed by atoms with Crippen molar-refractivity contribution in [1.82, 2.24) is 19.9 Å². The third-order valence-corrected chi connectivity index (χ3v) is 3.01. The summed E-state index contributed by atoms with van der Waals surface area (Å²) in [5, 5.41) is 2.57. The van der Waals surface area contributed by atoms with Crippen molar-refractivity contribution >= 4 is 28.7 Å². The molecule has 2 rings (SSSR count). The van der Waals surface area contributed by atoms with E-state index in [4.69, 9.17) is 11.6 Å². The number of amides is 1. The van der Waals surface area contributed by atoms with Crippen LogP contribution in [0.3, 0.4) is 0 Å². The molecule has 5 nitrogen and oxygen atoms in total. The quantitative estimate of drug-likeness (QED) is 0.873. The van der Waals surface area contributed by atoms with Gasteiger partial charge in [-0.25, -0.2) is 9.97 Å². The number of nitrogens with zero attached hydrogens (tertiary/aromatic N) is 3. The van der Waals surface area contributed by atoms with Gasteiger partial charge in [0.25, 0.3) is 0 Å². The molecule has 0 aliphatic carbocycles. The number of fused-ring (bicyclic) bond motifs is 1. The lowest BCUT2D eigenvalue weighted by Gasteiger charge is -2.10. The SMILES string of the molecule is CC(=O)NCCn1c(C(C)Cl)nc2cc(C)cnc21. The third kappa shape index (κ3) is 3.04. The van der Waals surface area contributed by atoms with Gasteiger partial charge in [0.15, 0.2) is 5.65 Å². The zero-order chi connectivity index (χ0) is 14.0. The maximum absolute atomic E-state index is 10.9. The molecule has 1 amide bonds. The Labute approximate surface area is 117 Å². The maximum Gasteiger partial charge on any atom is 0.216 e. The summed E-state index contributed by atoms with van der Waals surface area (Å²) >= 11 is 6.16. The van der Waals surface area contributed by atoms with Gasteiger partial charge in [0.05, 0.1) is 5.38 Å². The lowest BCUT2D eigenvalue weighted by atomic mass is 10.3. The molecule has 0 bridgehead atoms. The van der Waals surface area contributed by atoms with Crippen molar-refractivity contribution < 1.29 is 4.79 Å². The van der Waals surface area contributed by atoms with Crippen LogP contribution in [0.4, 0.5) is 0 Å². The molecule has 0 saturated carbocycles. The van der Waals surface area contributed by atoms with Crippen molar-refractivity contribution in [2.45, 2.75) is 32.7 Å². The molecule has 102 valence electrons. The Morgan fingerprint density at radius 2 is 2.32 bits per heavy atom. The molecule has 1 unspecified atom stereocenters. The highest BCUT2D eigenvalue weighted by Crippen LogP contribution is 2.23. The summed E-state index contributed by atoms with van der Waals surface area (Å²) in [5.41, 5.74) is 2.71. The van der Waals surface area contributed by atoms with Crippen LogP contribution in [-0.4, -0.2) is 27.0 Å². The largest absolute Gasteiger partial charge is 0.355 e. The summed E-state index contributed by atoms with van der Waals surface area (Å²) in [4.78, 5) is 19.9. The average molecular weight is 281 g/mol. The van der Waals surface area contributed by atoms with Crippen LogP contribution in [0.1, 0.15) is 30.6 Å². The second-order valence-corrected chi connectivity index (χ2v) is 5.23. The number of halogens is 1. The number of alkyl halides is 1. The first kappa shape index (κ1) is 13.8. The molecule has 19 heavy (non-hydrogen) atoms. The standard InChI is InChI=1S/C13H17ClN4O/c1-8-6-11-13(16-7-8)18(5-4-15-10(3)19)12(17-11)9(2)14/h6-7,9H,4-5H2,1-3H3,(H,15,19). The normalized spacial score (nSPS) is 12.6. The molecular formula is C13H17ClN4O. The monoisotopic (exact) mass is 280 g/mol. The van der Waals surface area contributed by atoms with E-state index >= 15 is 0 Å². The van der Waals surface area contributed by atoms with Crippen LogP contribution in [0.2, 0.25) is 0 Å². The number of pyridine rings is 1. The van der Waals surface area contributed by atoms with Crippen LogP contribution in [0.5, 0.6) is 0 Å². The minimum Gasteiger partial charge on any atom is -0.355 e. The number of hydrogen-bond donors (Lipinski definition) is 1. The van der Waals surface area contributed by atoms with E-state index in [-0.39, 0.29) is 11.3 Å².